The first-order valence-electron chi connectivity index (χ1n) is 11.1. The van der Waals surface area contributed by atoms with E-state index in [-0.39, 0.29) is 5.91 Å². The standard InChI is InChI=1S/C24H26ClN5O2S/c25-21-13-18(4-5-22(21)32-17-19-3-1-2-6-26-19)14-28-15-20(16-28)29-8-10-30(11-9-29)24(31)23-27-7-12-33-23/h1-7,12-13,20H,8-11,14-17H2. The molecule has 3 aromatic rings. The maximum Gasteiger partial charge on any atom is 0.282 e. The molecular formula is C24H26ClN5O2S. The van der Waals surface area contributed by atoms with Crippen LogP contribution < -0.4 is 4.74 Å². The zero-order valence-electron chi connectivity index (χ0n) is 18.3. The van der Waals surface area contributed by atoms with Gasteiger partial charge >= 0.3 is 0 Å². The van der Waals surface area contributed by atoms with Crippen LogP contribution in [0.25, 0.3) is 0 Å². The molecule has 0 saturated carbocycles. The largest absolute Gasteiger partial charge is 0.486 e. The summed E-state index contributed by atoms with van der Waals surface area (Å²) >= 11 is 7.87. The van der Waals surface area contributed by atoms with Gasteiger partial charge in [0.15, 0.2) is 5.01 Å². The molecule has 5 rings (SSSR count). The first kappa shape index (κ1) is 22.3. The van der Waals surface area contributed by atoms with Gasteiger partial charge in [-0.1, -0.05) is 23.7 Å². The molecule has 9 heteroatoms. The van der Waals surface area contributed by atoms with E-state index in [2.05, 4.69) is 25.8 Å². The molecule has 4 heterocycles. The van der Waals surface area contributed by atoms with Gasteiger partial charge in [-0.05, 0) is 29.8 Å². The number of hydrogen-bond acceptors (Lipinski definition) is 7. The van der Waals surface area contributed by atoms with E-state index < -0.39 is 0 Å². The lowest BCUT2D eigenvalue weighted by molar-refractivity contribution is 0.00257. The second-order valence-electron chi connectivity index (χ2n) is 8.39. The van der Waals surface area contributed by atoms with E-state index >= 15 is 0 Å². The van der Waals surface area contributed by atoms with Crippen molar-refractivity contribution in [3.8, 4) is 5.75 Å². The van der Waals surface area contributed by atoms with Gasteiger partial charge in [0.25, 0.3) is 5.91 Å². The number of amides is 1. The Balaban J connectivity index is 1.06. The Bertz CT molecular complexity index is 1070. The Hall–Kier alpha value is -2.52. The van der Waals surface area contributed by atoms with Gasteiger partial charge < -0.3 is 9.64 Å². The molecule has 0 aliphatic carbocycles. The summed E-state index contributed by atoms with van der Waals surface area (Å²) in [6.45, 7) is 6.73. The number of halogens is 1. The van der Waals surface area contributed by atoms with Crippen LogP contribution in [0.1, 0.15) is 21.1 Å². The molecule has 1 aromatic carbocycles. The SMILES string of the molecule is O=C(c1nccs1)N1CCN(C2CN(Cc3ccc(OCc4ccccn4)c(Cl)c3)C2)CC1. The number of pyridine rings is 1. The van der Waals surface area contributed by atoms with Crippen molar-refractivity contribution in [1.82, 2.24) is 24.7 Å². The number of carbonyl (C=O) groups excluding carboxylic acids is 1. The van der Waals surface area contributed by atoms with Crippen LogP contribution in [0, 0.1) is 0 Å². The van der Waals surface area contributed by atoms with Crippen LogP contribution in [-0.4, -0.2) is 75.9 Å². The van der Waals surface area contributed by atoms with E-state index in [1.165, 1.54) is 16.9 Å². The van der Waals surface area contributed by atoms with Crippen LogP contribution in [0.15, 0.2) is 54.2 Å². The van der Waals surface area contributed by atoms with Crippen molar-refractivity contribution in [3.63, 3.8) is 0 Å². The van der Waals surface area contributed by atoms with Gasteiger partial charge in [0.1, 0.15) is 12.4 Å². The Labute approximate surface area is 202 Å². The van der Waals surface area contributed by atoms with Gasteiger partial charge in [0.05, 0.1) is 10.7 Å². The average molecular weight is 484 g/mol. The molecule has 1 amide bonds. The summed E-state index contributed by atoms with van der Waals surface area (Å²) < 4.78 is 5.82. The van der Waals surface area contributed by atoms with Crippen LogP contribution in [0.4, 0.5) is 0 Å². The number of ether oxygens (including phenoxy) is 1. The fourth-order valence-electron chi connectivity index (χ4n) is 4.31. The van der Waals surface area contributed by atoms with Crippen LogP contribution in [0.3, 0.4) is 0 Å². The normalized spacial score (nSPS) is 17.7. The highest BCUT2D eigenvalue weighted by Gasteiger charge is 2.34. The molecule has 0 N–H and O–H groups in total. The highest BCUT2D eigenvalue weighted by molar-refractivity contribution is 7.11. The van der Waals surface area contributed by atoms with Crippen LogP contribution in [0.2, 0.25) is 5.02 Å². The zero-order chi connectivity index (χ0) is 22.6. The van der Waals surface area contributed by atoms with Crippen molar-refractivity contribution >= 4 is 28.8 Å². The molecule has 33 heavy (non-hydrogen) atoms. The van der Waals surface area contributed by atoms with Gasteiger partial charge in [0.2, 0.25) is 0 Å². The molecule has 0 spiro atoms. The third-order valence-electron chi connectivity index (χ3n) is 6.18. The fraction of sp³-hybridized carbons (Fsp3) is 0.375. The Morgan fingerprint density at radius 3 is 2.64 bits per heavy atom. The number of nitrogens with zero attached hydrogens (tertiary/aromatic N) is 5. The van der Waals surface area contributed by atoms with Gasteiger partial charge in [0, 0.05) is 69.6 Å². The highest BCUT2D eigenvalue weighted by Crippen LogP contribution is 2.28. The average Bonchev–Trinajstić information content (AvgIpc) is 3.36. The molecule has 2 aliphatic heterocycles. The third-order valence-corrected chi connectivity index (χ3v) is 7.23. The molecule has 7 nitrogen and oxygen atoms in total. The lowest BCUT2D eigenvalue weighted by Crippen LogP contribution is -2.63. The van der Waals surface area contributed by atoms with Crippen molar-refractivity contribution in [3.05, 3.63) is 75.5 Å². The summed E-state index contributed by atoms with van der Waals surface area (Å²) in [5.74, 6) is 0.738. The topological polar surface area (TPSA) is 61.8 Å². The molecule has 172 valence electrons. The number of rotatable bonds is 7. The van der Waals surface area contributed by atoms with E-state index in [1.807, 2.05) is 40.6 Å². The van der Waals surface area contributed by atoms with E-state index in [4.69, 9.17) is 16.3 Å². The number of piperazine rings is 1. The van der Waals surface area contributed by atoms with Crippen molar-refractivity contribution < 1.29 is 9.53 Å². The Kier molecular flexibility index (Phi) is 6.87. The van der Waals surface area contributed by atoms with Crippen molar-refractivity contribution in [2.75, 3.05) is 39.3 Å². The second-order valence-corrected chi connectivity index (χ2v) is 9.69. The monoisotopic (exact) mass is 483 g/mol. The molecule has 2 aliphatic rings. The molecule has 0 unspecified atom stereocenters. The van der Waals surface area contributed by atoms with E-state index in [1.54, 1.807) is 12.4 Å². The minimum absolute atomic E-state index is 0.0595. The summed E-state index contributed by atoms with van der Waals surface area (Å²) in [7, 11) is 0. The molecule has 2 saturated heterocycles. The van der Waals surface area contributed by atoms with Crippen LogP contribution in [0.5, 0.6) is 5.75 Å². The lowest BCUT2D eigenvalue weighted by Gasteiger charge is -2.48. The minimum atomic E-state index is 0.0595. The van der Waals surface area contributed by atoms with E-state index in [0.717, 1.165) is 51.5 Å². The predicted molar refractivity (Wildman–Crippen MR) is 129 cm³/mol. The number of benzene rings is 1. The zero-order valence-corrected chi connectivity index (χ0v) is 19.8. The maximum atomic E-state index is 12.5. The number of aromatic nitrogens is 2. The maximum absolute atomic E-state index is 12.5. The van der Waals surface area contributed by atoms with Crippen molar-refractivity contribution in [1.29, 1.82) is 0 Å². The van der Waals surface area contributed by atoms with Crippen LogP contribution in [-0.2, 0) is 13.2 Å². The quantitative estimate of drug-likeness (QED) is 0.513. The minimum Gasteiger partial charge on any atom is -0.486 e. The van der Waals surface area contributed by atoms with Gasteiger partial charge in [-0.2, -0.15) is 0 Å². The summed E-state index contributed by atoms with van der Waals surface area (Å²) in [6, 6.07) is 12.3. The number of thiazole rings is 1. The van der Waals surface area contributed by atoms with Gasteiger partial charge in [-0.15, -0.1) is 11.3 Å². The lowest BCUT2D eigenvalue weighted by atomic mass is 10.0. The fourth-order valence-corrected chi connectivity index (χ4v) is 5.17. The van der Waals surface area contributed by atoms with E-state index in [9.17, 15) is 4.79 Å². The molecular weight excluding hydrogens is 458 g/mol. The summed E-state index contributed by atoms with van der Waals surface area (Å²) in [5, 5.41) is 3.06. The number of hydrogen-bond donors (Lipinski definition) is 0. The Morgan fingerprint density at radius 2 is 1.94 bits per heavy atom. The number of likely N-dealkylation sites (tertiary alicyclic amines) is 1. The first-order valence-corrected chi connectivity index (χ1v) is 12.4. The van der Waals surface area contributed by atoms with Crippen molar-refractivity contribution in [2.24, 2.45) is 0 Å². The summed E-state index contributed by atoms with van der Waals surface area (Å²) in [6.07, 6.45) is 3.44. The summed E-state index contributed by atoms with van der Waals surface area (Å²) in [4.78, 5) is 27.7. The van der Waals surface area contributed by atoms with Gasteiger partial charge in [-0.25, -0.2) is 4.98 Å². The molecule has 0 bridgehead atoms. The summed E-state index contributed by atoms with van der Waals surface area (Å²) in [5.41, 5.74) is 2.06. The highest BCUT2D eigenvalue weighted by atomic mass is 35.5. The van der Waals surface area contributed by atoms with E-state index in [0.29, 0.717) is 28.4 Å². The molecule has 2 fully saturated rings. The van der Waals surface area contributed by atoms with Gasteiger partial charge in [-0.3, -0.25) is 19.6 Å². The first-order chi connectivity index (χ1) is 16.2. The predicted octanol–water partition coefficient (Wildman–Crippen LogP) is 3.41. The number of carbonyl (C=O) groups is 1. The van der Waals surface area contributed by atoms with Crippen LogP contribution >= 0.6 is 22.9 Å². The molecule has 0 atom stereocenters. The molecule has 2 aromatic heterocycles. The Morgan fingerprint density at radius 1 is 1.09 bits per heavy atom. The second kappa shape index (κ2) is 10.2. The smallest absolute Gasteiger partial charge is 0.282 e. The molecule has 0 radical (unpaired) electrons. The van der Waals surface area contributed by atoms with Crippen molar-refractivity contribution in [2.45, 2.75) is 19.2 Å². The third kappa shape index (κ3) is 5.35.